The molecule has 1 unspecified atom stereocenters. The highest BCUT2D eigenvalue weighted by molar-refractivity contribution is 5.46. The topological polar surface area (TPSA) is 28.2 Å². The highest BCUT2D eigenvalue weighted by Crippen LogP contribution is 2.32. The third kappa shape index (κ3) is 3.69. The molecule has 1 aliphatic rings. The summed E-state index contributed by atoms with van der Waals surface area (Å²) in [6, 6.07) is 4.71. The lowest BCUT2D eigenvalue weighted by Gasteiger charge is -2.22. The van der Waals surface area contributed by atoms with Gasteiger partial charge in [-0.25, -0.2) is 0 Å². The van der Waals surface area contributed by atoms with Gasteiger partial charge in [-0.15, -0.1) is 0 Å². The molecule has 1 aromatic rings. The van der Waals surface area contributed by atoms with Gasteiger partial charge >= 0.3 is 0 Å². The van der Waals surface area contributed by atoms with Crippen LogP contribution in [0.5, 0.6) is 0 Å². The van der Waals surface area contributed by atoms with E-state index < -0.39 is 0 Å². The zero-order valence-corrected chi connectivity index (χ0v) is 12.7. The van der Waals surface area contributed by atoms with E-state index in [0.29, 0.717) is 11.5 Å². The highest BCUT2D eigenvalue weighted by Gasteiger charge is 2.29. The lowest BCUT2D eigenvalue weighted by atomic mass is 9.93. The minimum absolute atomic E-state index is 0.337. The van der Waals surface area contributed by atoms with Gasteiger partial charge in [-0.3, -0.25) is 4.98 Å². The fourth-order valence-electron chi connectivity index (χ4n) is 2.64. The van der Waals surface area contributed by atoms with Gasteiger partial charge in [-0.1, -0.05) is 20.8 Å². The lowest BCUT2D eigenvalue weighted by Crippen LogP contribution is -2.23. The molecule has 1 saturated heterocycles. The molecule has 0 aliphatic carbocycles. The first-order chi connectivity index (χ1) is 9.02. The summed E-state index contributed by atoms with van der Waals surface area (Å²) in [6.45, 7) is 12.4. The molecule has 3 heteroatoms. The van der Waals surface area contributed by atoms with Gasteiger partial charge in [0.1, 0.15) is 0 Å². The van der Waals surface area contributed by atoms with E-state index in [4.69, 9.17) is 0 Å². The van der Waals surface area contributed by atoms with E-state index in [2.05, 4.69) is 55.0 Å². The van der Waals surface area contributed by atoms with Gasteiger partial charge in [-0.2, -0.15) is 0 Å². The van der Waals surface area contributed by atoms with Gasteiger partial charge in [0.25, 0.3) is 0 Å². The first-order valence-corrected chi connectivity index (χ1v) is 7.46. The van der Waals surface area contributed by atoms with Crippen LogP contribution in [0.4, 0.5) is 5.69 Å². The Labute approximate surface area is 117 Å². The first kappa shape index (κ1) is 14.3. The van der Waals surface area contributed by atoms with Crippen molar-refractivity contribution in [1.29, 1.82) is 0 Å². The standard InChI is InChI=1S/C16H27N3/c1-5-9-17-13(2)15-7-6-14(11-18-15)19-10-8-16(3,4)12-19/h6-7,11,13,17H,5,8-10,12H2,1-4H3. The monoisotopic (exact) mass is 261 g/mol. The summed E-state index contributed by atoms with van der Waals surface area (Å²) in [7, 11) is 0. The molecule has 0 aromatic carbocycles. The third-order valence-corrected chi connectivity index (χ3v) is 3.96. The predicted octanol–water partition coefficient (Wildman–Crippen LogP) is 3.38. The molecular formula is C16H27N3. The van der Waals surface area contributed by atoms with Crippen LogP contribution in [-0.2, 0) is 0 Å². The van der Waals surface area contributed by atoms with Crippen molar-refractivity contribution in [3.05, 3.63) is 24.0 Å². The number of nitrogens with one attached hydrogen (secondary N) is 1. The molecule has 1 fully saturated rings. The third-order valence-electron chi connectivity index (χ3n) is 3.96. The van der Waals surface area contributed by atoms with E-state index in [0.717, 1.165) is 31.7 Å². The number of hydrogen-bond donors (Lipinski definition) is 1. The molecule has 0 radical (unpaired) electrons. The second-order valence-corrected chi connectivity index (χ2v) is 6.45. The average Bonchev–Trinajstić information content (AvgIpc) is 2.76. The molecule has 0 spiro atoms. The van der Waals surface area contributed by atoms with Crippen molar-refractivity contribution in [1.82, 2.24) is 10.3 Å². The van der Waals surface area contributed by atoms with E-state index in [1.165, 1.54) is 12.1 Å². The van der Waals surface area contributed by atoms with Crippen molar-refractivity contribution in [2.24, 2.45) is 5.41 Å². The molecule has 0 saturated carbocycles. The van der Waals surface area contributed by atoms with Crippen molar-refractivity contribution in [2.45, 2.75) is 46.6 Å². The van der Waals surface area contributed by atoms with Crippen LogP contribution >= 0.6 is 0 Å². The van der Waals surface area contributed by atoms with Gasteiger partial charge in [0.15, 0.2) is 0 Å². The Morgan fingerprint density at radius 3 is 2.74 bits per heavy atom. The van der Waals surface area contributed by atoms with Gasteiger partial charge < -0.3 is 10.2 Å². The van der Waals surface area contributed by atoms with Crippen LogP contribution in [0.25, 0.3) is 0 Å². The predicted molar refractivity (Wildman–Crippen MR) is 81.6 cm³/mol. The van der Waals surface area contributed by atoms with E-state index in [-0.39, 0.29) is 0 Å². The normalized spacial score (nSPS) is 19.7. The van der Waals surface area contributed by atoms with Crippen molar-refractivity contribution < 1.29 is 0 Å². The van der Waals surface area contributed by atoms with Crippen LogP contribution in [0.2, 0.25) is 0 Å². The molecule has 3 nitrogen and oxygen atoms in total. The zero-order chi connectivity index (χ0) is 13.9. The van der Waals surface area contributed by atoms with Crippen molar-refractivity contribution >= 4 is 5.69 Å². The number of nitrogens with zero attached hydrogens (tertiary/aromatic N) is 2. The minimum Gasteiger partial charge on any atom is -0.370 e. The van der Waals surface area contributed by atoms with Gasteiger partial charge in [0.05, 0.1) is 17.6 Å². The average molecular weight is 261 g/mol. The highest BCUT2D eigenvalue weighted by atomic mass is 15.2. The maximum absolute atomic E-state index is 4.62. The summed E-state index contributed by atoms with van der Waals surface area (Å²) in [5.41, 5.74) is 2.84. The summed E-state index contributed by atoms with van der Waals surface area (Å²) in [5, 5.41) is 3.47. The Balaban J connectivity index is 1.99. The summed E-state index contributed by atoms with van der Waals surface area (Å²) in [4.78, 5) is 7.07. The number of pyridine rings is 1. The van der Waals surface area contributed by atoms with Crippen molar-refractivity contribution in [2.75, 3.05) is 24.5 Å². The van der Waals surface area contributed by atoms with Crippen LogP contribution in [0.1, 0.15) is 52.3 Å². The second kappa shape index (κ2) is 5.91. The first-order valence-electron chi connectivity index (χ1n) is 7.46. The molecule has 1 aliphatic heterocycles. The Morgan fingerprint density at radius 2 is 2.21 bits per heavy atom. The lowest BCUT2D eigenvalue weighted by molar-refractivity contribution is 0.418. The van der Waals surface area contributed by atoms with Crippen molar-refractivity contribution in [3.63, 3.8) is 0 Å². The maximum Gasteiger partial charge on any atom is 0.0572 e. The van der Waals surface area contributed by atoms with E-state index in [1.807, 2.05) is 6.20 Å². The van der Waals surface area contributed by atoms with Gasteiger partial charge in [0.2, 0.25) is 0 Å². The fourth-order valence-corrected chi connectivity index (χ4v) is 2.64. The molecule has 0 bridgehead atoms. The SMILES string of the molecule is CCCNC(C)c1ccc(N2CCC(C)(C)C2)cn1. The zero-order valence-electron chi connectivity index (χ0n) is 12.7. The molecular weight excluding hydrogens is 234 g/mol. The van der Waals surface area contributed by atoms with E-state index >= 15 is 0 Å². The molecule has 2 rings (SSSR count). The smallest absolute Gasteiger partial charge is 0.0572 e. The Kier molecular flexibility index (Phi) is 4.46. The van der Waals surface area contributed by atoms with Gasteiger partial charge in [-0.05, 0) is 43.9 Å². The number of hydrogen-bond acceptors (Lipinski definition) is 3. The largest absolute Gasteiger partial charge is 0.370 e. The summed E-state index contributed by atoms with van der Waals surface area (Å²) in [5.74, 6) is 0. The Hall–Kier alpha value is -1.09. The maximum atomic E-state index is 4.62. The van der Waals surface area contributed by atoms with Crippen LogP contribution in [-0.4, -0.2) is 24.6 Å². The molecule has 2 heterocycles. The Bertz CT molecular complexity index is 397. The van der Waals surface area contributed by atoms with Crippen LogP contribution in [0.3, 0.4) is 0 Å². The number of rotatable bonds is 5. The van der Waals surface area contributed by atoms with Crippen molar-refractivity contribution in [3.8, 4) is 0 Å². The molecule has 0 amide bonds. The Morgan fingerprint density at radius 1 is 1.42 bits per heavy atom. The second-order valence-electron chi connectivity index (χ2n) is 6.45. The molecule has 1 atom stereocenters. The molecule has 1 aromatic heterocycles. The molecule has 1 N–H and O–H groups in total. The summed E-state index contributed by atoms with van der Waals surface area (Å²) >= 11 is 0. The minimum atomic E-state index is 0.337. The fraction of sp³-hybridized carbons (Fsp3) is 0.688. The number of aromatic nitrogens is 1. The van der Waals surface area contributed by atoms with Crippen LogP contribution in [0.15, 0.2) is 18.3 Å². The summed E-state index contributed by atoms with van der Waals surface area (Å²) < 4.78 is 0. The van der Waals surface area contributed by atoms with Crippen LogP contribution < -0.4 is 10.2 Å². The van der Waals surface area contributed by atoms with Gasteiger partial charge in [0, 0.05) is 19.1 Å². The molecule has 106 valence electrons. The van der Waals surface area contributed by atoms with E-state index in [1.54, 1.807) is 0 Å². The van der Waals surface area contributed by atoms with E-state index in [9.17, 15) is 0 Å². The quantitative estimate of drug-likeness (QED) is 0.880. The van der Waals surface area contributed by atoms with Crippen LogP contribution in [0, 0.1) is 5.41 Å². The summed E-state index contributed by atoms with van der Waals surface area (Å²) in [6.07, 6.45) is 4.45. The molecule has 19 heavy (non-hydrogen) atoms. The number of anilines is 1.